The number of benzene rings is 3. The van der Waals surface area contributed by atoms with Gasteiger partial charge in [-0.05, 0) is 55.0 Å². The zero-order valence-corrected chi connectivity index (χ0v) is 14.6. The Balaban J connectivity index is 1.62. The van der Waals surface area contributed by atoms with Gasteiger partial charge < -0.3 is 10.2 Å². The molecule has 0 fully saturated rings. The molecule has 0 spiro atoms. The summed E-state index contributed by atoms with van der Waals surface area (Å²) in [6.45, 7) is 0. The summed E-state index contributed by atoms with van der Waals surface area (Å²) in [4.78, 5) is 2.27. The second-order valence-electron chi connectivity index (χ2n) is 6.35. The van der Waals surface area contributed by atoms with Crippen molar-refractivity contribution in [1.29, 1.82) is 0 Å². The molecule has 0 aliphatic heterocycles. The summed E-state index contributed by atoms with van der Waals surface area (Å²) in [6, 6.07) is 30.0. The molecule has 1 aliphatic carbocycles. The van der Waals surface area contributed by atoms with E-state index in [2.05, 4.69) is 107 Å². The number of rotatable bonds is 5. The van der Waals surface area contributed by atoms with Crippen LogP contribution in [0.3, 0.4) is 0 Å². The maximum atomic E-state index is 3.57. The second kappa shape index (κ2) is 7.75. The summed E-state index contributed by atoms with van der Waals surface area (Å²) >= 11 is 0. The monoisotopic (exact) mass is 338 g/mol. The maximum absolute atomic E-state index is 3.57. The Morgan fingerprint density at radius 2 is 1.23 bits per heavy atom. The molecule has 3 aromatic rings. The van der Waals surface area contributed by atoms with Crippen LogP contribution < -0.4 is 10.2 Å². The minimum Gasteiger partial charge on any atom is -0.379 e. The van der Waals surface area contributed by atoms with Crippen LogP contribution in [-0.2, 0) is 0 Å². The van der Waals surface area contributed by atoms with Crippen molar-refractivity contribution in [3.8, 4) is 0 Å². The quantitative estimate of drug-likeness (QED) is 0.575. The van der Waals surface area contributed by atoms with Crippen LogP contribution in [0.2, 0.25) is 0 Å². The van der Waals surface area contributed by atoms with Gasteiger partial charge in [-0.2, -0.15) is 0 Å². The minimum atomic E-state index is 0.366. The number of anilines is 4. The van der Waals surface area contributed by atoms with E-state index in [1.54, 1.807) is 0 Å². The number of hydrogen-bond acceptors (Lipinski definition) is 2. The molecule has 3 aromatic carbocycles. The highest BCUT2D eigenvalue weighted by molar-refractivity contribution is 5.77. The molecule has 0 heterocycles. The molecule has 0 saturated heterocycles. The summed E-state index contributed by atoms with van der Waals surface area (Å²) in [5.74, 6) is 0. The lowest BCUT2D eigenvalue weighted by Crippen LogP contribution is -2.17. The van der Waals surface area contributed by atoms with Crippen LogP contribution in [0.4, 0.5) is 22.7 Å². The third-order valence-electron chi connectivity index (χ3n) is 4.49. The Morgan fingerprint density at radius 1 is 0.654 bits per heavy atom. The number of para-hydroxylation sites is 2. The molecule has 1 unspecified atom stereocenters. The molecule has 2 heteroatoms. The van der Waals surface area contributed by atoms with Crippen molar-refractivity contribution in [1.82, 2.24) is 0 Å². The molecule has 128 valence electrons. The van der Waals surface area contributed by atoms with Crippen LogP contribution in [0, 0.1) is 0 Å². The zero-order valence-electron chi connectivity index (χ0n) is 14.6. The molecule has 1 atom stereocenters. The molecule has 26 heavy (non-hydrogen) atoms. The van der Waals surface area contributed by atoms with Crippen molar-refractivity contribution in [3.63, 3.8) is 0 Å². The topological polar surface area (TPSA) is 15.3 Å². The van der Waals surface area contributed by atoms with E-state index >= 15 is 0 Å². The second-order valence-corrected chi connectivity index (χ2v) is 6.35. The van der Waals surface area contributed by atoms with Gasteiger partial charge in [0, 0.05) is 28.8 Å². The third kappa shape index (κ3) is 3.70. The fourth-order valence-electron chi connectivity index (χ4n) is 3.21. The molecule has 0 bridgehead atoms. The average molecular weight is 338 g/mol. The number of hydrogen-bond donors (Lipinski definition) is 1. The summed E-state index contributed by atoms with van der Waals surface area (Å²) in [7, 11) is 0. The summed E-state index contributed by atoms with van der Waals surface area (Å²) in [5, 5.41) is 3.57. The summed E-state index contributed by atoms with van der Waals surface area (Å²) in [6.07, 6.45) is 9.62. The molecule has 0 saturated carbocycles. The molecule has 4 rings (SSSR count). The predicted octanol–water partition coefficient (Wildman–Crippen LogP) is 6.45. The Morgan fingerprint density at radius 3 is 1.77 bits per heavy atom. The highest BCUT2D eigenvalue weighted by atomic mass is 15.1. The Hall–Kier alpha value is -3.26. The van der Waals surface area contributed by atoms with E-state index in [-0.39, 0.29) is 0 Å². The third-order valence-corrected chi connectivity index (χ3v) is 4.49. The fourth-order valence-corrected chi connectivity index (χ4v) is 3.21. The van der Waals surface area contributed by atoms with Crippen LogP contribution in [-0.4, -0.2) is 6.04 Å². The maximum Gasteiger partial charge on any atom is 0.0482 e. The largest absolute Gasteiger partial charge is 0.379 e. The molecular weight excluding hydrogens is 316 g/mol. The van der Waals surface area contributed by atoms with Crippen molar-refractivity contribution >= 4 is 22.7 Å². The van der Waals surface area contributed by atoms with Gasteiger partial charge in [0.2, 0.25) is 0 Å². The number of nitrogens with zero attached hydrogens (tertiary/aromatic N) is 1. The standard InChI is InChI=1S/C24H22N2/c1-4-10-20(11-5-1)25-21-16-18-24(19-17-21)26(22-12-6-2-7-13-22)23-14-8-3-9-15-23/h1-10,12-20,25H,11H2. The smallest absolute Gasteiger partial charge is 0.0482 e. The first-order chi connectivity index (χ1) is 12.9. The Bertz CT molecular complexity index is 841. The Kier molecular flexibility index (Phi) is 4.83. The normalized spacial score (nSPS) is 15.6. The van der Waals surface area contributed by atoms with Gasteiger partial charge in [-0.1, -0.05) is 60.7 Å². The van der Waals surface area contributed by atoms with E-state index < -0.39 is 0 Å². The average Bonchev–Trinajstić information content (AvgIpc) is 2.72. The zero-order chi connectivity index (χ0) is 17.6. The SMILES string of the molecule is C1=CCC(Nc2ccc(N(c3ccccc3)c3ccccc3)cc2)C=C1. The van der Waals surface area contributed by atoms with Crippen molar-refractivity contribution in [2.24, 2.45) is 0 Å². The van der Waals surface area contributed by atoms with Gasteiger partial charge >= 0.3 is 0 Å². The van der Waals surface area contributed by atoms with Crippen molar-refractivity contribution in [2.75, 3.05) is 10.2 Å². The molecule has 0 amide bonds. The predicted molar refractivity (Wildman–Crippen MR) is 111 cm³/mol. The number of nitrogens with one attached hydrogen (secondary N) is 1. The van der Waals surface area contributed by atoms with Gasteiger partial charge in [0.15, 0.2) is 0 Å². The van der Waals surface area contributed by atoms with Crippen molar-refractivity contribution in [2.45, 2.75) is 12.5 Å². The summed E-state index contributed by atoms with van der Waals surface area (Å²) in [5.41, 5.74) is 4.59. The van der Waals surface area contributed by atoms with E-state index in [9.17, 15) is 0 Å². The lowest BCUT2D eigenvalue weighted by molar-refractivity contribution is 0.883. The van der Waals surface area contributed by atoms with Crippen molar-refractivity contribution < 1.29 is 0 Å². The molecule has 1 N–H and O–H groups in total. The van der Waals surface area contributed by atoms with Gasteiger partial charge in [0.1, 0.15) is 0 Å². The molecule has 2 nitrogen and oxygen atoms in total. The van der Waals surface area contributed by atoms with Gasteiger partial charge in [0.25, 0.3) is 0 Å². The van der Waals surface area contributed by atoms with Gasteiger partial charge in [0.05, 0.1) is 0 Å². The minimum absolute atomic E-state index is 0.366. The molecular formula is C24H22N2. The molecule has 1 aliphatic rings. The fraction of sp³-hybridized carbons (Fsp3) is 0.0833. The first-order valence-corrected chi connectivity index (χ1v) is 9.00. The first-order valence-electron chi connectivity index (χ1n) is 9.00. The number of allylic oxidation sites excluding steroid dienone is 2. The van der Waals surface area contributed by atoms with E-state index in [0.717, 1.165) is 29.2 Å². The summed E-state index contributed by atoms with van der Waals surface area (Å²) < 4.78 is 0. The molecule has 0 aromatic heterocycles. The highest BCUT2D eigenvalue weighted by Crippen LogP contribution is 2.34. The Labute approximate surface area is 155 Å². The highest BCUT2D eigenvalue weighted by Gasteiger charge is 2.12. The van der Waals surface area contributed by atoms with Crippen LogP contribution in [0.15, 0.2) is 109 Å². The first kappa shape index (κ1) is 16.2. The lowest BCUT2D eigenvalue weighted by Gasteiger charge is -2.26. The van der Waals surface area contributed by atoms with E-state index in [1.165, 1.54) is 0 Å². The lowest BCUT2D eigenvalue weighted by atomic mass is 10.1. The van der Waals surface area contributed by atoms with E-state index in [0.29, 0.717) is 6.04 Å². The van der Waals surface area contributed by atoms with Crippen LogP contribution in [0.5, 0.6) is 0 Å². The van der Waals surface area contributed by atoms with E-state index in [1.807, 2.05) is 12.1 Å². The van der Waals surface area contributed by atoms with Gasteiger partial charge in [-0.15, -0.1) is 0 Å². The van der Waals surface area contributed by atoms with E-state index in [4.69, 9.17) is 0 Å². The van der Waals surface area contributed by atoms with Crippen LogP contribution in [0.25, 0.3) is 0 Å². The van der Waals surface area contributed by atoms with Crippen LogP contribution in [0.1, 0.15) is 6.42 Å². The van der Waals surface area contributed by atoms with Crippen molar-refractivity contribution in [3.05, 3.63) is 109 Å². The van der Waals surface area contributed by atoms with Crippen LogP contribution >= 0.6 is 0 Å². The van der Waals surface area contributed by atoms with Gasteiger partial charge in [-0.25, -0.2) is 0 Å². The molecule has 0 radical (unpaired) electrons. The van der Waals surface area contributed by atoms with Gasteiger partial charge in [-0.3, -0.25) is 0 Å².